The van der Waals surface area contributed by atoms with Crippen LogP contribution in [0.25, 0.3) is 0 Å². The predicted molar refractivity (Wildman–Crippen MR) is 92.3 cm³/mol. The van der Waals surface area contributed by atoms with Crippen molar-refractivity contribution < 1.29 is 0 Å². The Morgan fingerprint density at radius 1 is 1.00 bits per heavy atom. The highest BCUT2D eigenvalue weighted by Gasteiger charge is 2.34. The minimum atomic E-state index is 0.505. The van der Waals surface area contributed by atoms with Gasteiger partial charge in [-0.3, -0.25) is 0 Å². The zero-order valence-electron chi connectivity index (χ0n) is 14.9. The maximum Gasteiger partial charge on any atom is 0.0135 e. The molecule has 2 N–H and O–H groups in total. The van der Waals surface area contributed by atoms with Crippen molar-refractivity contribution in [2.45, 2.75) is 78.7 Å². The molecule has 21 heavy (non-hydrogen) atoms. The largest absolute Gasteiger partial charge is 0.330 e. The van der Waals surface area contributed by atoms with Crippen molar-refractivity contribution in [3.05, 3.63) is 0 Å². The van der Waals surface area contributed by atoms with Crippen LogP contribution in [0.5, 0.6) is 0 Å². The Hall–Kier alpha value is -0.0800. The second-order valence-electron chi connectivity index (χ2n) is 8.67. The van der Waals surface area contributed by atoms with E-state index in [1.165, 1.54) is 58.0 Å². The number of nitrogens with two attached hydrogens (primary N) is 1. The minimum Gasteiger partial charge on any atom is -0.330 e. The predicted octanol–water partition coefficient (Wildman–Crippen LogP) is 4.29. The Morgan fingerprint density at radius 3 is 2.19 bits per heavy atom. The zero-order chi connectivity index (χ0) is 15.5. The third-order valence-corrected chi connectivity index (χ3v) is 6.36. The number of hydrogen-bond donors (Lipinski definition) is 1. The average Bonchev–Trinajstić information content (AvgIpc) is 2.92. The van der Waals surface area contributed by atoms with Gasteiger partial charge in [0.1, 0.15) is 0 Å². The molecule has 0 aromatic rings. The summed E-state index contributed by atoms with van der Waals surface area (Å²) in [7, 11) is 0. The monoisotopic (exact) mass is 294 g/mol. The molecular weight excluding hydrogens is 256 g/mol. The van der Waals surface area contributed by atoms with Crippen LogP contribution < -0.4 is 5.73 Å². The summed E-state index contributed by atoms with van der Waals surface area (Å²) in [5.41, 5.74) is 6.49. The topological polar surface area (TPSA) is 29.3 Å². The lowest BCUT2D eigenvalue weighted by atomic mass is 9.70. The van der Waals surface area contributed by atoms with Gasteiger partial charge in [-0.25, -0.2) is 0 Å². The third-order valence-electron chi connectivity index (χ3n) is 6.36. The first-order valence-corrected chi connectivity index (χ1v) is 9.39. The van der Waals surface area contributed by atoms with E-state index in [9.17, 15) is 0 Å². The summed E-state index contributed by atoms with van der Waals surface area (Å²) in [6.07, 6.45) is 9.89. The summed E-state index contributed by atoms with van der Waals surface area (Å²) in [4.78, 5) is 2.77. The van der Waals surface area contributed by atoms with Gasteiger partial charge in [0, 0.05) is 12.6 Å². The fraction of sp³-hybridized carbons (Fsp3) is 1.00. The van der Waals surface area contributed by atoms with Crippen molar-refractivity contribution in [1.82, 2.24) is 4.90 Å². The van der Waals surface area contributed by atoms with Gasteiger partial charge in [-0.05, 0) is 74.8 Å². The van der Waals surface area contributed by atoms with E-state index in [2.05, 4.69) is 32.6 Å². The van der Waals surface area contributed by atoms with E-state index in [1.807, 2.05) is 0 Å². The van der Waals surface area contributed by atoms with Gasteiger partial charge in [-0.1, -0.05) is 34.1 Å². The van der Waals surface area contributed by atoms with Crippen molar-refractivity contribution in [2.75, 3.05) is 19.6 Å². The number of rotatable bonds is 5. The molecule has 2 aliphatic carbocycles. The molecule has 2 aliphatic rings. The molecule has 2 unspecified atom stereocenters. The van der Waals surface area contributed by atoms with Gasteiger partial charge >= 0.3 is 0 Å². The minimum absolute atomic E-state index is 0.505. The smallest absolute Gasteiger partial charge is 0.0135 e. The fourth-order valence-corrected chi connectivity index (χ4v) is 4.81. The average molecular weight is 295 g/mol. The highest BCUT2D eigenvalue weighted by molar-refractivity contribution is 4.88. The van der Waals surface area contributed by atoms with Crippen molar-refractivity contribution in [2.24, 2.45) is 28.9 Å². The molecule has 0 saturated heterocycles. The molecule has 0 radical (unpaired) electrons. The molecule has 2 rings (SSSR count). The molecule has 2 saturated carbocycles. The number of hydrogen-bond acceptors (Lipinski definition) is 2. The first kappa shape index (κ1) is 17.3. The zero-order valence-corrected chi connectivity index (χ0v) is 14.9. The van der Waals surface area contributed by atoms with Crippen LogP contribution in [-0.4, -0.2) is 30.6 Å². The van der Waals surface area contributed by atoms with Gasteiger partial charge in [0.05, 0.1) is 0 Å². The Balaban J connectivity index is 1.83. The standard InChI is InChI=1S/C19H38N2/c1-5-21(18-8-6-7-16(18)13-20)14-15-9-11-17(12-10-15)19(2,3)4/h15-18H,5-14,20H2,1-4H3. The highest BCUT2D eigenvalue weighted by Crippen LogP contribution is 2.40. The first-order chi connectivity index (χ1) is 9.95. The molecule has 2 heteroatoms. The summed E-state index contributed by atoms with van der Waals surface area (Å²) in [5, 5.41) is 0. The summed E-state index contributed by atoms with van der Waals surface area (Å²) in [6, 6.07) is 0.778. The molecule has 2 fully saturated rings. The summed E-state index contributed by atoms with van der Waals surface area (Å²) >= 11 is 0. The quantitative estimate of drug-likeness (QED) is 0.819. The van der Waals surface area contributed by atoms with Gasteiger partial charge in [0.2, 0.25) is 0 Å². The van der Waals surface area contributed by atoms with E-state index < -0.39 is 0 Å². The SMILES string of the molecule is CCN(CC1CCC(C(C)(C)C)CC1)C1CCCC1CN. The molecule has 0 aromatic heterocycles. The molecule has 2 nitrogen and oxygen atoms in total. The molecule has 2 atom stereocenters. The maximum absolute atomic E-state index is 5.99. The van der Waals surface area contributed by atoms with Crippen LogP contribution in [-0.2, 0) is 0 Å². The molecule has 0 aliphatic heterocycles. The lowest BCUT2D eigenvalue weighted by Crippen LogP contribution is -2.43. The van der Waals surface area contributed by atoms with Gasteiger partial charge in [0.25, 0.3) is 0 Å². The summed E-state index contributed by atoms with van der Waals surface area (Å²) in [6.45, 7) is 13.0. The van der Waals surface area contributed by atoms with Crippen molar-refractivity contribution in [1.29, 1.82) is 0 Å². The second-order valence-corrected chi connectivity index (χ2v) is 8.67. The van der Waals surface area contributed by atoms with E-state index in [0.29, 0.717) is 5.41 Å². The molecule has 0 amide bonds. The molecular formula is C19H38N2. The Labute approximate surface area is 132 Å². The molecule has 0 bridgehead atoms. The Bertz CT molecular complexity index is 299. The van der Waals surface area contributed by atoms with Crippen LogP contribution >= 0.6 is 0 Å². The van der Waals surface area contributed by atoms with Crippen LogP contribution in [0, 0.1) is 23.2 Å². The third kappa shape index (κ3) is 4.45. The van der Waals surface area contributed by atoms with E-state index in [-0.39, 0.29) is 0 Å². The normalized spacial score (nSPS) is 34.6. The summed E-state index contributed by atoms with van der Waals surface area (Å²) in [5.74, 6) is 2.63. The van der Waals surface area contributed by atoms with Crippen LogP contribution in [0.3, 0.4) is 0 Å². The highest BCUT2D eigenvalue weighted by atomic mass is 15.2. The molecule has 0 heterocycles. The van der Waals surface area contributed by atoms with Crippen LogP contribution in [0.2, 0.25) is 0 Å². The Morgan fingerprint density at radius 2 is 1.67 bits per heavy atom. The van der Waals surface area contributed by atoms with E-state index in [1.54, 1.807) is 0 Å². The van der Waals surface area contributed by atoms with Crippen molar-refractivity contribution in [3.8, 4) is 0 Å². The Kier molecular flexibility index (Phi) is 6.14. The molecule has 124 valence electrons. The van der Waals surface area contributed by atoms with E-state index in [4.69, 9.17) is 5.73 Å². The first-order valence-electron chi connectivity index (χ1n) is 9.39. The van der Waals surface area contributed by atoms with Gasteiger partial charge in [-0.15, -0.1) is 0 Å². The van der Waals surface area contributed by atoms with Crippen LogP contribution in [0.15, 0.2) is 0 Å². The van der Waals surface area contributed by atoms with E-state index >= 15 is 0 Å². The van der Waals surface area contributed by atoms with Crippen molar-refractivity contribution in [3.63, 3.8) is 0 Å². The molecule has 0 spiro atoms. The van der Waals surface area contributed by atoms with Crippen LogP contribution in [0.1, 0.15) is 72.6 Å². The van der Waals surface area contributed by atoms with Gasteiger partial charge in [-0.2, -0.15) is 0 Å². The summed E-state index contributed by atoms with van der Waals surface area (Å²) < 4.78 is 0. The number of nitrogens with zero attached hydrogens (tertiary/aromatic N) is 1. The van der Waals surface area contributed by atoms with Crippen molar-refractivity contribution >= 4 is 0 Å². The van der Waals surface area contributed by atoms with Crippen LogP contribution in [0.4, 0.5) is 0 Å². The van der Waals surface area contributed by atoms with Gasteiger partial charge in [0.15, 0.2) is 0 Å². The fourth-order valence-electron chi connectivity index (χ4n) is 4.81. The van der Waals surface area contributed by atoms with E-state index in [0.717, 1.165) is 30.3 Å². The lowest BCUT2D eigenvalue weighted by molar-refractivity contribution is 0.0976. The lowest BCUT2D eigenvalue weighted by Gasteiger charge is -2.40. The second kappa shape index (κ2) is 7.46. The molecule has 0 aromatic carbocycles. The maximum atomic E-state index is 5.99. The van der Waals surface area contributed by atoms with Gasteiger partial charge < -0.3 is 10.6 Å².